The first kappa shape index (κ1) is 9.09. The van der Waals surface area contributed by atoms with E-state index in [1.165, 1.54) is 3.57 Å². The van der Waals surface area contributed by atoms with Crippen LogP contribution in [0.25, 0.3) is 11.3 Å². The fourth-order valence-electron chi connectivity index (χ4n) is 1.22. The lowest BCUT2D eigenvalue weighted by Crippen LogP contribution is -1.79. The van der Waals surface area contributed by atoms with Crippen LogP contribution in [-0.4, -0.2) is 4.98 Å². The molecule has 0 spiro atoms. The fourth-order valence-corrected chi connectivity index (χ4v) is 2.05. The summed E-state index contributed by atoms with van der Waals surface area (Å²) < 4.78 is 1.21. The van der Waals surface area contributed by atoms with Crippen LogP contribution in [0.15, 0.2) is 36.5 Å². The number of nitrogens with one attached hydrogen (secondary N) is 1. The van der Waals surface area contributed by atoms with Crippen molar-refractivity contribution in [1.29, 1.82) is 0 Å². The Morgan fingerprint density at radius 3 is 2.69 bits per heavy atom. The first-order valence-electron chi connectivity index (χ1n) is 3.86. The van der Waals surface area contributed by atoms with Crippen LogP contribution in [0.3, 0.4) is 0 Å². The summed E-state index contributed by atoms with van der Waals surface area (Å²) in [7, 11) is 0. The fraction of sp³-hybridized carbons (Fsp3) is 0. The predicted molar refractivity (Wildman–Crippen MR) is 64.0 cm³/mol. The highest BCUT2D eigenvalue weighted by atomic mass is 127. The van der Waals surface area contributed by atoms with E-state index in [2.05, 4.69) is 27.6 Å². The molecule has 0 saturated heterocycles. The molecule has 2 rings (SSSR count). The molecule has 0 saturated carbocycles. The maximum absolute atomic E-state index is 5.90. The van der Waals surface area contributed by atoms with Gasteiger partial charge in [0.25, 0.3) is 0 Å². The van der Waals surface area contributed by atoms with Crippen LogP contribution in [-0.2, 0) is 0 Å². The Morgan fingerprint density at radius 2 is 2.08 bits per heavy atom. The number of aromatic nitrogens is 1. The van der Waals surface area contributed by atoms with Gasteiger partial charge in [0.15, 0.2) is 0 Å². The van der Waals surface area contributed by atoms with Crippen molar-refractivity contribution >= 4 is 34.2 Å². The molecule has 1 N–H and O–H groups in total. The lowest BCUT2D eigenvalue weighted by atomic mass is 10.2. The van der Waals surface area contributed by atoms with Gasteiger partial charge < -0.3 is 4.98 Å². The van der Waals surface area contributed by atoms with Crippen molar-refractivity contribution in [2.24, 2.45) is 0 Å². The summed E-state index contributed by atoms with van der Waals surface area (Å²) in [5, 5.41) is 0.767. The molecule has 13 heavy (non-hydrogen) atoms. The second kappa shape index (κ2) is 3.72. The van der Waals surface area contributed by atoms with E-state index < -0.39 is 0 Å². The maximum atomic E-state index is 5.90. The van der Waals surface area contributed by atoms with Crippen LogP contribution in [0.2, 0.25) is 5.02 Å². The molecule has 0 atom stereocenters. The minimum Gasteiger partial charge on any atom is -0.360 e. The van der Waals surface area contributed by atoms with Gasteiger partial charge in [0.1, 0.15) is 0 Å². The monoisotopic (exact) mass is 303 g/mol. The normalized spacial score (nSPS) is 10.3. The van der Waals surface area contributed by atoms with Crippen LogP contribution >= 0.6 is 34.2 Å². The number of aromatic amines is 1. The van der Waals surface area contributed by atoms with E-state index >= 15 is 0 Å². The quantitative estimate of drug-likeness (QED) is 0.768. The molecule has 0 aliphatic rings. The molecule has 2 aromatic rings. The molecule has 66 valence electrons. The van der Waals surface area contributed by atoms with Crippen molar-refractivity contribution in [3.8, 4) is 11.3 Å². The van der Waals surface area contributed by atoms with Crippen molar-refractivity contribution in [2.45, 2.75) is 0 Å². The van der Waals surface area contributed by atoms with Gasteiger partial charge in [0.05, 0.1) is 5.69 Å². The van der Waals surface area contributed by atoms with Crippen molar-refractivity contribution in [2.75, 3.05) is 0 Å². The molecule has 1 aromatic carbocycles. The zero-order valence-corrected chi connectivity index (χ0v) is 9.63. The van der Waals surface area contributed by atoms with Gasteiger partial charge in [-0.15, -0.1) is 0 Å². The van der Waals surface area contributed by atoms with Crippen LogP contribution in [0, 0.1) is 3.57 Å². The van der Waals surface area contributed by atoms with Crippen molar-refractivity contribution in [3.05, 3.63) is 45.1 Å². The highest BCUT2D eigenvalue weighted by Gasteiger charge is 2.03. The zero-order valence-electron chi connectivity index (χ0n) is 6.72. The summed E-state index contributed by atoms with van der Waals surface area (Å²) in [5.41, 5.74) is 2.25. The van der Waals surface area contributed by atoms with Gasteiger partial charge in [0.2, 0.25) is 0 Å². The largest absolute Gasteiger partial charge is 0.360 e. The van der Waals surface area contributed by atoms with Gasteiger partial charge in [-0.05, 0) is 40.8 Å². The Balaban J connectivity index is 2.53. The van der Waals surface area contributed by atoms with E-state index in [1.54, 1.807) is 0 Å². The molecule has 0 aliphatic carbocycles. The number of benzene rings is 1. The molecule has 0 unspecified atom stereocenters. The minimum absolute atomic E-state index is 0.767. The van der Waals surface area contributed by atoms with Crippen molar-refractivity contribution < 1.29 is 0 Å². The van der Waals surface area contributed by atoms with Gasteiger partial charge >= 0.3 is 0 Å². The highest BCUT2D eigenvalue weighted by molar-refractivity contribution is 14.1. The topological polar surface area (TPSA) is 15.8 Å². The Hall–Kier alpha value is -0.480. The summed E-state index contributed by atoms with van der Waals surface area (Å²) >= 11 is 8.19. The smallest absolute Gasteiger partial charge is 0.0590 e. The molecular formula is C10H7ClIN. The second-order valence-electron chi connectivity index (χ2n) is 2.71. The van der Waals surface area contributed by atoms with Gasteiger partial charge in [-0.25, -0.2) is 0 Å². The Bertz CT molecular complexity index is 422. The molecular weight excluding hydrogens is 296 g/mol. The summed E-state index contributed by atoms with van der Waals surface area (Å²) in [5.74, 6) is 0. The molecule has 0 bridgehead atoms. The first-order valence-corrected chi connectivity index (χ1v) is 5.32. The Morgan fingerprint density at radius 1 is 1.23 bits per heavy atom. The first-order chi connectivity index (χ1) is 6.27. The highest BCUT2D eigenvalue weighted by Crippen LogP contribution is 2.25. The van der Waals surface area contributed by atoms with Crippen LogP contribution in [0.1, 0.15) is 0 Å². The lowest BCUT2D eigenvalue weighted by molar-refractivity contribution is 1.40. The van der Waals surface area contributed by atoms with Crippen molar-refractivity contribution in [1.82, 2.24) is 4.98 Å². The van der Waals surface area contributed by atoms with Crippen LogP contribution < -0.4 is 0 Å². The average molecular weight is 304 g/mol. The molecule has 1 aromatic heterocycles. The number of hydrogen-bond donors (Lipinski definition) is 1. The third-order valence-corrected chi connectivity index (χ3v) is 2.94. The van der Waals surface area contributed by atoms with Crippen molar-refractivity contribution in [3.63, 3.8) is 0 Å². The summed E-state index contributed by atoms with van der Waals surface area (Å²) in [6.45, 7) is 0. The van der Waals surface area contributed by atoms with E-state index in [9.17, 15) is 0 Å². The van der Waals surface area contributed by atoms with Gasteiger partial charge in [-0.3, -0.25) is 0 Å². The molecule has 0 fully saturated rings. The minimum atomic E-state index is 0.767. The maximum Gasteiger partial charge on any atom is 0.0590 e. The standard InChI is InChI=1S/C10H7ClIN/c11-8-3-1-2-7(6-8)10-9(12)4-5-13-10/h1-6,13H. The van der Waals surface area contributed by atoms with E-state index in [0.29, 0.717) is 0 Å². The molecule has 0 radical (unpaired) electrons. The van der Waals surface area contributed by atoms with E-state index in [0.717, 1.165) is 16.3 Å². The molecule has 1 nitrogen and oxygen atoms in total. The Labute approximate surface area is 95.3 Å². The third kappa shape index (κ3) is 1.89. The Kier molecular flexibility index (Phi) is 2.60. The molecule has 0 aliphatic heterocycles. The third-order valence-electron chi connectivity index (χ3n) is 1.81. The molecule has 0 amide bonds. The lowest BCUT2D eigenvalue weighted by Gasteiger charge is -1.99. The van der Waals surface area contributed by atoms with E-state index in [-0.39, 0.29) is 0 Å². The molecule has 1 heterocycles. The average Bonchev–Trinajstić information content (AvgIpc) is 2.51. The summed E-state index contributed by atoms with van der Waals surface area (Å²) in [4.78, 5) is 3.18. The summed E-state index contributed by atoms with van der Waals surface area (Å²) in [6, 6.07) is 9.86. The number of hydrogen-bond acceptors (Lipinski definition) is 0. The van der Waals surface area contributed by atoms with E-state index in [1.807, 2.05) is 36.5 Å². The molecule has 3 heteroatoms. The number of H-pyrrole nitrogens is 1. The summed E-state index contributed by atoms with van der Waals surface area (Å²) in [6.07, 6.45) is 1.93. The van der Waals surface area contributed by atoms with E-state index in [4.69, 9.17) is 11.6 Å². The number of halogens is 2. The van der Waals surface area contributed by atoms with Gasteiger partial charge in [0, 0.05) is 20.4 Å². The van der Waals surface area contributed by atoms with Crippen LogP contribution in [0.5, 0.6) is 0 Å². The van der Waals surface area contributed by atoms with Gasteiger partial charge in [-0.1, -0.05) is 23.7 Å². The predicted octanol–water partition coefficient (Wildman–Crippen LogP) is 3.94. The number of rotatable bonds is 1. The second-order valence-corrected chi connectivity index (χ2v) is 4.31. The van der Waals surface area contributed by atoms with Gasteiger partial charge in [-0.2, -0.15) is 0 Å². The SMILES string of the molecule is Clc1cccc(-c2[nH]ccc2I)c1. The van der Waals surface area contributed by atoms with Crippen LogP contribution in [0.4, 0.5) is 0 Å². The zero-order chi connectivity index (χ0) is 9.26.